The van der Waals surface area contributed by atoms with Gasteiger partial charge in [-0.05, 0) is 56.1 Å². The molecule has 0 aliphatic carbocycles. The zero-order valence-corrected chi connectivity index (χ0v) is 13.6. The quantitative estimate of drug-likeness (QED) is 0.680. The fourth-order valence-electron chi connectivity index (χ4n) is 2.67. The second kappa shape index (κ2) is 8.92. The molecule has 1 unspecified atom stereocenters. The molecule has 110 valence electrons. The highest BCUT2D eigenvalue weighted by Crippen LogP contribution is 2.32. The van der Waals surface area contributed by atoms with E-state index in [0.29, 0.717) is 5.41 Å². The van der Waals surface area contributed by atoms with E-state index in [4.69, 9.17) is 5.73 Å². The van der Waals surface area contributed by atoms with Gasteiger partial charge in [-0.15, -0.1) is 0 Å². The Morgan fingerprint density at radius 2 is 1.72 bits per heavy atom. The summed E-state index contributed by atoms with van der Waals surface area (Å²) in [5.74, 6) is 1.53. The molecule has 0 aliphatic heterocycles. The number of nitrogens with two attached hydrogens (primary N) is 1. The van der Waals surface area contributed by atoms with Crippen LogP contribution in [0.4, 0.5) is 0 Å². The van der Waals surface area contributed by atoms with E-state index in [9.17, 15) is 0 Å². The molecule has 0 fully saturated rings. The van der Waals surface area contributed by atoms with Gasteiger partial charge in [-0.25, -0.2) is 0 Å². The molecular formula is C16H36N2. The lowest BCUT2D eigenvalue weighted by Gasteiger charge is -2.31. The second-order valence-corrected chi connectivity index (χ2v) is 7.07. The summed E-state index contributed by atoms with van der Waals surface area (Å²) in [5, 5.41) is 0. The van der Waals surface area contributed by atoms with Crippen LogP contribution in [0.1, 0.15) is 60.8 Å². The first kappa shape index (κ1) is 17.9. The SMILES string of the molecule is CCN(CCCC(CCN)C(C)(C)C)CC(C)C. The van der Waals surface area contributed by atoms with Crippen LogP contribution in [0.25, 0.3) is 0 Å². The van der Waals surface area contributed by atoms with Gasteiger partial charge in [-0.2, -0.15) is 0 Å². The molecule has 0 radical (unpaired) electrons. The highest BCUT2D eigenvalue weighted by atomic mass is 15.1. The fraction of sp³-hybridized carbons (Fsp3) is 1.00. The molecular weight excluding hydrogens is 220 g/mol. The molecule has 0 bridgehead atoms. The van der Waals surface area contributed by atoms with E-state index in [0.717, 1.165) is 18.4 Å². The van der Waals surface area contributed by atoms with Gasteiger partial charge >= 0.3 is 0 Å². The van der Waals surface area contributed by atoms with Crippen LogP contribution < -0.4 is 5.73 Å². The Hall–Kier alpha value is -0.0800. The molecule has 0 aromatic heterocycles. The van der Waals surface area contributed by atoms with Crippen molar-refractivity contribution >= 4 is 0 Å². The first-order chi connectivity index (χ1) is 8.31. The van der Waals surface area contributed by atoms with Gasteiger partial charge in [0.25, 0.3) is 0 Å². The molecule has 0 amide bonds. The maximum Gasteiger partial charge on any atom is 0.000427 e. The van der Waals surface area contributed by atoms with Crippen molar-refractivity contribution in [2.75, 3.05) is 26.2 Å². The first-order valence-corrected chi connectivity index (χ1v) is 7.73. The summed E-state index contributed by atoms with van der Waals surface area (Å²) in [7, 11) is 0. The minimum atomic E-state index is 0.397. The number of hydrogen-bond acceptors (Lipinski definition) is 2. The largest absolute Gasteiger partial charge is 0.330 e. The maximum absolute atomic E-state index is 5.74. The number of nitrogens with zero attached hydrogens (tertiary/aromatic N) is 1. The van der Waals surface area contributed by atoms with E-state index in [1.807, 2.05) is 0 Å². The van der Waals surface area contributed by atoms with Crippen LogP contribution in [0.5, 0.6) is 0 Å². The molecule has 0 saturated carbocycles. The molecule has 0 saturated heterocycles. The summed E-state index contributed by atoms with van der Waals surface area (Å²) in [6, 6.07) is 0. The standard InChI is InChI=1S/C16H36N2/c1-7-18(13-14(2)3)12-8-9-15(10-11-17)16(4,5)6/h14-15H,7-13,17H2,1-6H3. The zero-order valence-electron chi connectivity index (χ0n) is 13.6. The Morgan fingerprint density at radius 3 is 2.11 bits per heavy atom. The van der Waals surface area contributed by atoms with E-state index in [1.165, 1.54) is 38.9 Å². The van der Waals surface area contributed by atoms with Crippen LogP contribution in [0.2, 0.25) is 0 Å². The molecule has 2 nitrogen and oxygen atoms in total. The third-order valence-corrected chi connectivity index (χ3v) is 3.84. The van der Waals surface area contributed by atoms with Crippen molar-refractivity contribution in [3.8, 4) is 0 Å². The molecule has 1 atom stereocenters. The van der Waals surface area contributed by atoms with Gasteiger partial charge in [-0.3, -0.25) is 0 Å². The van der Waals surface area contributed by atoms with Crippen molar-refractivity contribution in [2.24, 2.45) is 23.0 Å². The van der Waals surface area contributed by atoms with E-state index in [2.05, 4.69) is 46.4 Å². The van der Waals surface area contributed by atoms with E-state index in [1.54, 1.807) is 0 Å². The predicted molar refractivity (Wildman–Crippen MR) is 82.8 cm³/mol. The lowest BCUT2D eigenvalue weighted by atomic mass is 9.76. The molecule has 2 heteroatoms. The summed E-state index contributed by atoms with van der Waals surface area (Å²) in [4.78, 5) is 2.58. The normalized spacial score (nSPS) is 14.5. The second-order valence-electron chi connectivity index (χ2n) is 7.07. The summed E-state index contributed by atoms with van der Waals surface area (Å²) in [6.45, 7) is 18.4. The first-order valence-electron chi connectivity index (χ1n) is 7.73. The van der Waals surface area contributed by atoms with Gasteiger partial charge in [0.05, 0.1) is 0 Å². The molecule has 0 rings (SSSR count). The third kappa shape index (κ3) is 8.10. The topological polar surface area (TPSA) is 29.3 Å². The van der Waals surface area contributed by atoms with Gasteiger partial charge in [0.1, 0.15) is 0 Å². The van der Waals surface area contributed by atoms with Crippen LogP contribution in [0, 0.1) is 17.3 Å². The Morgan fingerprint density at radius 1 is 1.11 bits per heavy atom. The summed E-state index contributed by atoms with van der Waals surface area (Å²) >= 11 is 0. The van der Waals surface area contributed by atoms with Gasteiger partial charge in [0.2, 0.25) is 0 Å². The minimum absolute atomic E-state index is 0.397. The van der Waals surface area contributed by atoms with Crippen LogP contribution in [0.3, 0.4) is 0 Å². The average molecular weight is 256 g/mol. The maximum atomic E-state index is 5.74. The highest BCUT2D eigenvalue weighted by molar-refractivity contribution is 4.75. The fourth-order valence-corrected chi connectivity index (χ4v) is 2.67. The zero-order chi connectivity index (χ0) is 14.2. The molecule has 0 aliphatic rings. The monoisotopic (exact) mass is 256 g/mol. The van der Waals surface area contributed by atoms with E-state index >= 15 is 0 Å². The lowest BCUT2D eigenvalue weighted by molar-refractivity contribution is 0.190. The minimum Gasteiger partial charge on any atom is -0.330 e. The van der Waals surface area contributed by atoms with Crippen LogP contribution in [-0.4, -0.2) is 31.1 Å². The lowest BCUT2D eigenvalue weighted by Crippen LogP contribution is -2.30. The highest BCUT2D eigenvalue weighted by Gasteiger charge is 2.23. The molecule has 0 aromatic rings. The molecule has 18 heavy (non-hydrogen) atoms. The Labute approximate surface area is 115 Å². The van der Waals surface area contributed by atoms with Crippen LogP contribution >= 0.6 is 0 Å². The summed E-state index contributed by atoms with van der Waals surface area (Å²) in [5.41, 5.74) is 6.14. The van der Waals surface area contributed by atoms with Gasteiger partial charge in [-0.1, -0.05) is 41.5 Å². The number of rotatable bonds is 9. The van der Waals surface area contributed by atoms with E-state index in [-0.39, 0.29) is 0 Å². The Bertz CT molecular complexity index is 194. The van der Waals surface area contributed by atoms with Crippen molar-refractivity contribution in [3.63, 3.8) is 0 Å². The molecule has 0 heterocycles. The van der Waals surface area contributed by atoms with Gasteiger partial charge in [0, 0.05) is 6.54 Å². The van der Waals surface area contributed by atoms with Crippen LogP contribution in [-0.2, 0) is 0 Å². The smallest absolute Gasteiger partial charge is 0.000427 e. The summed E-state index contributed by atoms with van der Waals surface area (Å²) in [6.07, 6.45) is 3.79. The van der Waals surface area contributed by atoms with Crippen molar-refractivity contribution in [1.29, 1.82) is 0 Å². The Kier molecular flexibility index (Phi) is 8.89. The Balaban J connectivity index is 4.04. The van der Waals surface area contributed by atoms with Crippen molar-refractivity contribution in [3.05, 3.63) is 0 Å². The molecule has 2 N–H and O–H groups in total. The summed E-state index contributed by atoms with van der Waals surface area (Å²) < 4.78 is 0. The van der Waals surface area contributed by atoms with Crippen molar-refractivity contribution < 1.29 is 0 Å². The molecule has 0 aromatic carbocycles. The van der Waals surface area contributed by atoms with Gasteiger partial charge in [0.15, 0.2) is 0 Å². The van der Waals surface area contributed by atoms with E-state index < -0.39 is 0 Å². The van der Waals surface area contributed by atoms with Crippen LogP contribution in [0.15, 0.2) is 0 Å². The molecule has 0 spiro atoms. The number of hydrogen-bond donors (Lipinski definition) is 1. The van der Waals surface area contributed by atoms with Gasteiger partial charge < -0.3 is 10.6 Å². The average Bonchev–Trinajstić information content (AvgIpc) is 2.24. The third-order valence-electron chi connectivity index (χ3n) is 3.84. The van der Waals surface area contributed by atoms with Crippen molar-refractivity contribution in [1.82, 2.24) is 4.90 Å². The predicted octanol–water partition coefficient (Wildman–Crippen LogP) is 3.76. The van der Waals surface area contributed by atoms with Crippen molar-refractivity contribution in [2.45, 2.75) is 60.8 Å².